The van der Waals surface area contributed by atoms with Crippen LogP contribution in [-0.4, -0.2) is 6.61 Å². The first kappa shape index (κ1) is 17.0. The van der Waals surface area contributed by atoms with Gasteiger partial charge in [-0.05, 0) is 51.0 Å². The standard InChI is InChI=1S/C12H15BrO.C4H8/c1-4-7-14-12-8-10(13)5-6-11(12)9(2)3;1-3-4-2/h5-6,8H,2,4,7H2,1,3H3;3-4H,1-2H3/b;4-3-. The Morgan fingerprint density at radius 3 is 2.39 bits per heavy atom. The van der Waals surface area contributed by atoms with E-state index in [1.807, 2.05) is 51.1 Å². The van der Waals surface area contributed by atoms with Crippen molar-refractivity contribution in [3.8, 4) is 5.75 Å². The molecule has 1 rings (SSSR count). The highest BCUT2D eigenvalue weighted by atomic mass is 79.9. The van der Waals surface area contributed by atoms with Crippen LogP contribution in [0.2, 0.25) is 0 Å². The van der Waals surface area contributed by atoms with E-state index in [9.17, 15) is 0 Å². The second-order valence-corrected chi connectivity index (χ2v) is 4.85. The molecule has 0 N–H and O–H groups in total. The summed E-state index contributed by atoms with van der Waals surface area (Å²) in [6.45, 7) is 12.8. The van der Waals surface area contributed by atoms with Crippen molar-refractivity contribution >= 4 is 21.5 Å². The quantitative estimate of drug-likeness (QED) is 0.633. The first-order valence-corrected chi connectivity index (χ1v) is 7.01. The molecule has 0 saturated carbocycles. The summed E-state index contributed by atoms with van der Waals surface area (Å²) in [4.78, 5) is 0. The molecule has 0 atom stereocenters. The number of benzene rings is 1. The van der Waals surface area contributed by atoms with Gasteiger partial charge in [0.2, 0.25) is 0 Å². The summed E-state index contributed by atoms with van der Waals surface area (Å²) >= 11 is 3.43. The lowest BCUT2D eigenvalue weighted by Crippen LogP contribution is -1.97. The summed E-state index contributed by atoms with van der Waals surface area (Å²) in [6, 6.07) is 6.01. The Morgan fingerprint density at radius 2 is 1.94 bits per heavy atom. The molecule has 1 nitrogen and oxygen atoms in total. The fourth-order valence-electron chi connectivity index (χ4n) is 1.18. The number of halogens is 1. The second kappa shape index (κ2) is 9.95. The van der Waals surface area contributed by atoms with Crippen LogP contribution < -0.4 is 4.74 Å². The van der Waals surface area contributed by atoms with E-state index in [4.69, 9.17) is 4.74 Å². The molecular formula is C16H23BrO. The van der Waals surface area contributed by atoms with Crippen LogP contribution in [0.3, 0.4) is 0 Å². The predicted octanol–water partition coefficient (Wildman–Crippen LogP) is 5.85. The molecule has 0 bridgehead atoms. The monoisotopic (exact) mass is 310 g/mol. The summed E-state index contributed by atoms with van der Waals surface area (Å²) in [5, 5.41) is 0. The SMILES string of the molecule is C/C=C\C.C=C(C)c1ccc(Br)cc1OCCC. The maximum atomic E-state index is 5.64. The highest BCUT2D eigenvalue weighted by Crippen LogP contribution is 2.28. The Bertz CT molecular complexity index is 390. The molecule has 100 valence electrons. The normalized spacial score (nSPS) is 9.83. The summed E-state index contributed by atoms with van der Waals surface area (Å²) in [5.41, 5.74) is 2.12. The Balaban J connectivity index is 0.000000631. The number of ether oxygens (including phenoxy) is 1. The van der Waals surface area contributed by atoms with Crippen LogP contribution in [-0.2, 0) is 0 Å². The van der Waals surface area contributed by atoms with Crippen molar-refractivity contribution < 1.29 is 4.74 Å². The summed E-state index contributed by atoms with van der Waals surface area (Å²) in [6.07, 6.45) is 5.02. The number of hydrogen-bond donors (Lipinski definition) is 0. The molecule has 1 aromatic rings. The molecule has 0 heterocycles. The van der Waals surface area contributed by atoms with Crippen molar-refractivity contribution in [3.63, 3.8) is 0 Å². The van der Waals surface area contributed by atoms with Crippen LogP contribution in [0.1, 0.15) is 39.7 Å². The van der Waals surface area contributed by atoms with Gasteiger partial charge in [-0.15, -0.1) is 0 Å². The molecule has 0 saturated heterocycles. The van der Waals surface area contributed by atoms with Crippen LogP contribution in [0.25, 0.3) is 5.57 Å². The highest BCUT2D eigenvalue weighted by molar-refractivity contribution is 9.10. The number of hydrogen-bond acceptors (Lipinski definition) is 1. The third kappa shape index (κ3) is 6.65. The molecule has 0 unspecified atom stereocenters. The van der Waals surface area contributed by atoms with E-state index in [1.54, 1.807) is 0 Å². The van der Waals surface area contributed by atoms with Crippen molar-refractivity contribution in [2.24, 2.45) is 0 Å². The van der Waals surface area contributed by atoms with Gasteiger partial charge in [-0.2, -0.15) is 0 Å². The molecule has 0 fully saturated rings. The molecule has 0 spiro atoms. The lowest BCUT2D eigenvalue weighted by Gasteiger charge is -2.10. The van der Waals surface area contributed by atoms with Gasteiger partial charge in [0.15, 0.2) is 0 Å². The third-order valence-corrected chi connectivity index (χ3v) is 2.69. The van der Waals surface area contributed by atoms with Gasteiger partial charge in [0.05, 0.1) is 6.61 Å². The Kier molecular flexibility index (Phi) is 9.39. The van der Waals surface area contributed by atoms with E-state index in [0.717, 1.165) is 34.4 Å². The van der Waals surface area contributed by atoms with Gasteiger partial charge in [0.25, 0.3) is 0 Å². The van der Waals surface area contributed by atoms with Crippen molar-refractivity contribution in [1.29, 1.82) is 0 Å². The highest BCUT2D eigenvalue weighted by Gasteiger charge is 2.04. The Hall–Kier alpha value is -1.02. The zero-order valence-electron chi connectivity index (χ0n) is 11.8. The lowest BCUT2D eigenvalue weighted by atomic mass is 10.1. The average molecular weight is 311 g/mol. The van der Waals surface area contributed by atoms with Gasteiger partial charge in [0.1, 0.15) is 5.75 Å². The Labute approximate surface area is 120 Å². The van der Waals surface area contributed by atoms with E-state index in [0.29, 0.717) is 0 Å². The smallest absolute Gasteiger partial charge is 0.127 e. The minimum atomic E-state index is 0.747. The van der Waals surface area contributed by atoms with E-state index >= 15 is 0 Å². The van der Waals surface area contributed by atoms with Gasteiger partial charge in [-0.1, -0.05) is 41.6 Å². The van der Waals surface area contributed by atoms with Crippen LogP contribution in [0, 0.1) is 0 Å². The van der Waals surface area contributed by atoms with Gasteiger partial charge < -0.3 is 4.74 Å². The van der Waals surface area contributed by atoms with Crippen LogP contribution in [0.15, 0.2) is 41.4 Å². The molecular weight excluding hydrogens is 288 g/mol. The number of rotatable bonds is 4. The molecule has 2 heteroatoms. The van der Waals surface area contributed by atoms with Crippen LogP contribution in [0.5, 0.6) is 5.75 Å². The Morgan fingerprint density at radius 1 is 1.33 bits per heavy atom. The van der Waals surface area contributed by atoms with E-state index in [2.05, 4.69) is 29.4 Å². The maximum absolute atomic E-state index is 5.64. The van der Waals surface area contributed by atoms with Gasteiger partial charge in [-0.25, -0.2) is 0 Å². The van der Waals surface area contributed by atoms with Crippen LogP contribution in [0.4, 0.5) is 0 Å². The summed E-state index contributed by atoms with van der Waals surface area (Å²) < 4.78 is 6.67. The van der Waals surface area contributed by atoms with Crippen molar-refractivity contribution in [2.45, 2.75) is 34.1 Å². The van der Waals surface area contributed by atoms with E-state index in [-0.39, 0.29) is 0 Å². The molecule has 0 aromatic heterocycles. The lowest BCUT2D eigenvalue weighted by molar-refractivity contribution is 0.316. The summed E-state index contributed by atoms with van der Waals surface area (Å²) in [7, 11) is 0. The molecule has 1 aromatic carbocycles. The van der Waals surface area contributed by atoms with E-state index in [1.165, 1.54) is 0 Å². The molecule has 18 heavy (non-hydrogen) atoms. The van der Waals surface area contributed by atoms with Crippen molar-refractivity contribution in [2.75, 3.05) is 6.61 Å². The molecule has 0 amide bonds. The minimum absolute atomic E-state index is 0.747. The van der Waals surface area contributed by atoms with Gasteiger partial charge >= 0.3 is 0 Å². The molecule has 0 aliphatic rings. The fourth-order valence-corrected chi connectivity index (χ4v) is 1.52. The largest absolute Gasteiger partial charge is 0.493 e. The molecule has 0 aliphatic carbocycles. The summed E-state index contributed by atoms with van der Waals surface area (Å²) in [5.74, 6) is 0.911. The fraction of sp³-hybridized carbons (Fsp3) is 0.375. The topological polar surface area (TPSA) is 9.23 Å². The number of allylic oxidation sites excluding steroid dienone is 3. The molecule has 0 radical (unpaired) electrons. The van der Waals surface area contributed by atoms with Crippen LogP contribution >= 0.6 is 15.9 Å². The second-order valence-electron chi connectivity index (χ2n) is 3.94. The van der Waals surface area contributed by atoms with Gasteiger partial charge in [-0.3, -0.25) is 0 Å². The van der Waals surface area contributed by atoms with Crippen molar-refractivity contribution in [1.82, 2.24) is 0 Å². The van der Waals surface area contributed by atoms with Gasteiger partial charge in [0, 0.05) is 10.0 Å². The zero-order valence-corrected chi connectivity index (χ0v) is 13.4. The first-order chi connectivity index (χ1) is 8.56. The predicted molar refractivity (Wildman–Crippen MR) is 85.1 cm³/mol. The van der Waals surface area contributed by atoms with Crippen molar-refractivity contribution in [3.05, 3.63) is 47.0 Å². The third-order valence-electron chi connectivity index (χ3n) is 2.20. The first-order valence-electron chi connectivity index (χ1n) is 6.22. The maximum Gasteiger partial charge on any atom is 0.127 e. The molecule has 0 aliphatic heterocycles. The average Bonchev–Trinajstić information content (AvgIpc) is 2.36. The van der Waals surface area contributed by atoms with E-state index < -0.39 is 0 Å². The zero-order chi connectivity index (χ0) is 14.0. The minimum Gasteiger partial charge on any atom is -0.493 e.